The Labute approximate surface area is 166 Å². The number of halogens is 1. The average molecular weight is 437 g/mol. The second-order valence-corrected chi connectivity index (χ2v) is 11.5. The molecule has 0 unspecified atom stereocenters. The van der Waals surface area contributed by atoms with Crippen molar-refractivity contribution in [1.82, 2.24) is 9.62 Å². The summed E-state index contributed by atoms with van der Waals surface area (Å²) in [6.07, 6.45) is 2.63. The SMILES string of the molecule is CC1CCN(C(=O)[C@@H](CCS(C)(=O)=O)NS(=O)(=O)c2ccc(Cl)cc2)CC1. The van der Waals surface area contributed by atoms with Gasteiger partial charge in [-0.1, -0.05) is 18.5 Å². The van der Waals surface area contributed by atoms with E-state index in [-0.39, 0.29) is 23.0 Å². The highest BCUT2D eigenvalue weighted by Gasteiger charge is 2.31. The lowest BCUT2D eigenvalue weighted by Crippen LogP contribution is -2.51. The number of nitrogens with zero attached hydrogens (tertiary/aromatic N) is 1. The molecule has 1 aromatic carbocycles. The molecule has 1 aliphatic heterocycles. The van der Waals surface area contributed by atoms with Crippen LogP contribution in [0.3, 0.4) is 0 Å². The van der Waals surface area contributed by atoms with Crippen LogP contribution in [0.15, 0.2) is 29.2 Å². The van der Waals surface area contributed by atoms with Crippen molar-refractivity contribution in [3.63, 3.8) is 0 Å². The third-order valence-corrected chi connectivity index (χ3v) is 7.31. The fraction of sp³-hybridized carbons (Fsp3) is 0.588. The van der Waals surface area contributed by atoms with E-state index >= 15 is 0 Å². The fourth-order valence-electron chi connectivity index (χ4n) is 2.88. The van der Waals surface area contributed by atoms with E-state index in [0.29, 0.717) is 24.0 Å². The Morgan fingerprint density at radius 1 is 1.19 bits per heavy atom. The molecule has 0 radical (unpaired) electrons. The van der Waals surface area contributed by atoms with Crippen molar-refractivity contribution >= 4 is 37.4 Å². The summed E-state index contributed by atoms with van der Waals surface area (Å²) in [6.45, 7) is 3.18. The number of hydrogen-bond acceptors (Lipinski definition) is 5. The van der Waals surface area contributed by atoms with E-state index in [1.807, 2.05) is 0 Å². The van der Waals surface area contributed by atoms with Crippen LogP contribution in [0.1, 0.15) is 26.2 Å². The van der Waals surface area contributed by atoms with Gasteiger partial charge >= 0.3 is 0 Å². The van der Waals surface area contributed by atoms with Gasteiger partial charge in [0, 0.05) is 24.4 Å². The van der Waals surface area contributed by atoms with Gasteiger partial charge in [-0.25, -0.2) is 16.8 Å². The number of hydrogen-bond donors (Lipinski definition) is 1. The first kappa shape index (κ1) is 22.1. The largest absolute Gasteiger partial charge is 0.341 e. The Morgan fingerprint density at radius 3 is 2.26 bits per heavy atom. The number of nitrogens with one attached hydrogen (secondary N) is 1. The number of piperidine rings is 1. The van der Waals surface area contributed by atoms with Crippen LogP contribution >= 0.6 is 11.6 Å². The summed E-state index contributed by atoms with van der Waals surface area (Å²) in [5, 5.41) is 0.390. The normalized spacial score (nSPS) is 17.7. The highest BCUT2D eigenvalue weighted by Crippen LogP contribution is 2.19. The van der Waals surface area contributed by atoms with Crippen LogP contribution in [0.5, 0.6) is 0 Å². The Balaban J connectivity index is 2.20. The third kappa shape index (κ3) is 6.74. The van der Waals surface area contributed by atoms with E-state index in [2.05, 4.69) is 11.6 Å². The Bertz CT molecular complexity index is 861. The minimum atomic E-state index is -3.99. The van der Waals surface area contributed by atoms with Crippen molar-refractivity contribution in [3.05, 3.63) is 29.3 Å². The zero-order chi connectivity index (χ0) is 20.2. The second-order valence-electron chi connectivity index (χ2n) is 7.05. The van der Waals surface area contributed by atoms with Crippen LogP contribution in [0.2, 0.25) is 5.02 Å². The van der Waals surface area contributed by atoms with E-state index in [9.17, 15) is 21.6 Å². The summed E-state index contributed by atoms with van der Waals surface area (Å²) in [4.78, 5) is 14.4. The molecule has 0 saturated carbocycles. The van der Waals surface area contributed by atoms with Crippen LogP contribution in [-0.2, 0) is 24.7 Å². The minimum Gasteiger partial charge on any atom is -0.341 e. The second kappa shape index (κ2) is 8.89. The number of carbonyl (C=O) groups is 1. The number of carbonyl (C=O) groups excluding carboxylic acids is 1. The Hall–Kier alpha value is -1.16. The molecule has 152 valence electrons. The topological polar surface area (TPSA) is 101 Å². The molecule has 0 bridgehead atoms. The molecule has 27 heavy (non-hydrogen) atoms. The molecule has 0 spiro atoms. The van der Waals surface area contributed by atoms with E-state index in [4.69, 9.17) is 11.6 Å². The number of benzene rings is 1. The molecular weight excluding hydrogens is 412 g/mol. The van der Waals surface area contributed by atoms with Crippen LogP contribution in [0, 0.1) is 5.92 Å². The first-order valence-electron chi connectivity index (χ1n) is 8.72. The summed E-state index contributed by atoms with van der Waals surface area (Å²) in [7, 11) is -7.33. The maximum Gasteiger partial charge on any atom is 0.241 e. The van der Waals surface area contributed by atoms with Crippen molar-refractivity contribution in [1.29, 1.82) is 0 Å². The van der Waals surface area contributed by atoms with Crippen molar-refractivity contribution in [2.24, 2.45) is 5.92 Å². The molecule has 1 amide bonds. The summed E-state index contributed by atoms with van der Waals surface area (Å²) in [5.41, 5.74) is 0. The molecular formula is C17H25ClN2O5S2. The van der Waals surface area contributed by atoms with Gasteiger partial charge in [-0.15, -0.1) is 0 Å². The van der Waals surface area contributed by atoms with Gasteiger partial charge in [0.15, 0.2) is 0 Å². The van der Waals surface area contributed by atoms with E-state index in [1.165, 1.54) is 24.3 Å². The molecule has 1 fully saturated rings. The highest BCUT2D eigenvalue weighted by molar-refractivity contribution is 7.90. The zero-order valence-corrected chi connectivity index (χ0v) is 17.8. The van der Waals surface area contributed by atoms with Crippen LogP contribution in [0.25, 0.3) is 0 Å². The lowest BCUT2D eigenvalue weighted by molar-refractivity contribution is -0.134. The summed E-state index contributed by atoms with van der Waals surface area (Å²) >= 11 is 5.79. The van der Waals surface area contributed by atoms with Gasteiger partial charge in [0.1, 0.15) is 15.9 Å². The number of sulfone groups is 1. The average Bonchev–Trinajstić information content (AvgIpc) is 2.58. The number of amides is 1. The first-order valence-corrected chi connectivity index (χ1v) is 12.6. The van der Waals surface area contributed by atoms with Crippen molar-refractivity contribution < 1.29 is 21.6 Å². The van der Waals surface area contributed by atoms with Gasteiger partial charge in [0.25, 0.3) is 0 Å². The van der Waals surface area contributed by atoms with Crippen LogP contribution in [-0.4, -0.2) is 58.8 Å². The number of likely N-dealkylation sites (tertiary alicyclic amines) is 1. The predicted molar refractivity (Wildman–Crippen MR) is 105 cm³/mol. The van der Waals surface area contributed by atoms with Crippen molar-refractivity contribution in [2.75, 3.05) is 25.1 Å². The quantitative estimate of drug-likeness (QED) is 0.700. The first-order chi connectivity index (χ1) is 12.5. The van der Waals surface area contributed by atoms with Gasteiger partial charge in [-0.3, -0.25) is 4.79 Å². The van der Waals surface area contributed by atoms with Gasteiger partial charge in [-0.05, 0) is 49.4 Å². The van der Waals surface area contributed by atoms with Gasteiger partial charge < -0.3 is 4.90 Å². The monoisotopic (exact) mass is 436 g/mol. The number of sulfonamides is 1. The van der Waals surface area contributed by atoms with Crippen molar-refractivity contribution in [3.8, 4) is 0 Å². The number of rotatable bonds is 7. The molecule has 7 nitrogen and oxygen atoms in total. The van der Waals surface area contributed by atoms with Gasteiger partial charge in [0.2, 0.25) is 15.9 Å². The van der Waals surface area contributed by atoms with Gasteiger partial charge in [-0.2, -0.15) is 4.72 Å². The third-order valence-electron chi connectivity index (χ3n) is 4.59. The van der Waals surface area contributed by atoms with E-state index in [0.717, 1.165) is 19.1 Å². The molecule has 1 atom stereocenters. The van der Waals surface area contributed by atoms with E-state index in [1.54, 1.807) is 4.90 Å². The molecule has 1 N–H and O–H groups in total. The summed E-state index contributed by atoms with van der Waals surface area (Å²) < 4.78 is 50.7. The molecule has 10 heteroatoms. The van der Waals surface area contributed by atoms with Crippen LogP contribution in [0.4, 0.5) is 0 Å². The molecule has 1 saturated heterocycles. The molecule has 1 heterocycles. The lowest BCUT2D eigenvalue weighted by atomic mass is 9.98. The van der Waals surface area contributed by atoms with E-state index < -0.39 is 25.9 Å². The lowest BCUT2D eigenvalue weighted by Gasteiger charge is -2.33. The minimum absolute atomic E-state index is 0.0312. The predicted octanol–water partition coefficient (Wildman–Crippen LogP) is 1.68. The smallest absolute Gasteiger partial charge is 0.241 e. The molecule has 0 aromatic heterocycles. The maximum absolute atomic E-state index is 12.9. The zero-order valence-electron chi connectivity index (χ0n) is 15.4. The standard InChI is InChI=1S/C17H25ClN2O5S2/c1-13-7-10-20(11-8-13)17(21)16(9-12-26(2,22)23)19-27(24,25)15-5-3-14(18)4-6-15/h3-6,13,16,19H,7-12H2,1-2H3/t16-/m1/s1. The van der Waals surface area contributed by atoms with Gasteiger partial charge in [0.05, 0.1) is 10.6 Å². The highest BCUT2D eigenvalue weighted by atomic mass is 35.5. The molecule has 1 aromatic rings. The molecule has 0 aliphatic carbocycles. The molecule has 2 rings (SSSR count). The Morgan fingerprint density at radius 2 is 1.74 bits per heavy atom. The summed E-state index contributed by atoms with van der Waals surface area (Å²) in [6, 6.07) is 4.43. The Kier molecular flexibility index (Phi) is 7.29. The maximum atomic E-state index is 12.9. The van der Waals surface area contributed by atoms with Crippen LogP contribution < -0.4 is 4.72 Å². The molecule has 1 aliphatic rings. The summed E-state index contributed by atoms with van der Waals surface area (Å²) in [5.74, 6) is -0.158. The van der Waals surface area contributed by atoms with Crippen molar-refractivity contribution in [2.45, 2.75) is 37.1 Å². The fourth-order valence-corrected chi connectivity index (χ4v) is 4.90.